The van der Waals surface area contributed by atoms with Crippen molar-refractivity contribution in [1.29, 1.82) is 0 Å². The van der Waals surface area contributed by atoms with E-state index in [9.17, 15) is 8.42 Å². The third-order valence-corrected chi connectivity index (χ3v) is 3.48. The first-order chi connectivity index (χ1) is 7.47. The maximum absolute atomic E-state index is 11.7. The summed E-state index contributed by atoms with van der Waals surface area (Å²) in [5.74, 6) is 0. The zero-order valence-electron chi connectivity index (χ0n) is 8.45. The van der Waals surface area contributed by atoms with Gasteiger partial charge in [-0.3, -0.25) is 0 Å². The molecule has 0 fully saturated rings. The van der Waals surface area contributed by atoms with Crippen LogP contribution in [-0.4, -0.2) is 37.5 Å². The van der Waals surface area contributed by atoms with Gasteiger partial charge in [0, 0.05) is 6.54 Å². The van der Waals surface area contributed by atoms with Crippen molar-refractivity contribution in [3.8, 4) is 0 Å². The van der Waals surface area contributed by atoms with Gasteiger partial charge in [0.25, 0.3) is 0 Å². The van der Waals surface area contributed by atoms with Crippen molar-refractivity contribution in [3.63, 3.8) is 0 Å². The molecule has 0 aromatic heterocycles. The molecule has 1 aromatic carbocycles. The Kier molecular flexibility index (Phi) is 4.39. The summed E-state index contributed by atoms with van der Waals surface area (Å²) in [6.45, 7) is -0.205. The highest BCUT2D eigenvalue weighted by Crippen LogP contribution is 2.08. The number of benzene rings is 1. The number of aliphatic hydroxyl groups excluding tert-OH is 1. The van der Waals surface area contributed by atoms with Gasteiger partial charge >= 0.3 is 0 Å². The first-order valence-electron chi connectivity index (χ1n) is 4.61. The van der Waals surface area contributed by atoms with Crippen LogP contribution in [0.3, 0.4) is 0 Å². The van der Waals surface area contributed by atoms with Crippen molar-refractivity contribution in [2.75, 3.05) is 6.54 Å². The molecule has 0 saturated heterocycles. The van der Waals surface area contributed by atoms with Crippen LogP contribution in [0.5, 0.6) is 0 Å². The van der Waals surface area contributed by atoms with Gasteiger partial charge in [-0.15, -0.1) is 0 Å². The Hall–Kier alpha value is -0.990. The smallest absolute Gasteiger partial charge is 0.241 e. The quantitative estimate of drug-likeness (QED) is 0.477. The lowest BCUT2D eigenvalue weighted by Gasteiger charge is -2.18. The van der Waals surface area contributed by atoms with Crippen molar-refractivity contribution in [3.05, 3.63) is 30.3 Å². The molecule has 0 aliphatic rings. The molecule has 0 unspecified atom stereocenters. The van der Waals surface area contributed by atoms with Crippen molar-refractivity contribution in [2.45, 2.75) is 17.2 Å². The first-order valence-corrected chi connectivity index (χ1v) is 6.09. The number of hydrogen-bond donors (Lipinski definition) is 4. The van der Waals surface area contributed by atoms with Crippen LogP contribution in [0.25, 0.3) is 0 Å². The Morgan fingerprint density at radius 3 is 2.25 bits per heavy atom. The minimum atomic E-state index is -3.77. The fraction of sp³-hybridized carbons (Fsp3) is 0.333. The van der Waals surface area contributed by atoms with E-state index in [2.05, 4.69) is 4.72 Å². The summed E-state index contributed by atoms with van der Waals surface area (Å²) in [6, 6.07) is 6.51. The maximum atomic E-state index is 11.7. The molecule has 0 bridgehead atoms. The second kappa shape index (κ2) is 5.37. The van der Waals surface area contributed by atoms with Gasteiger partial charge in [-0.2, -0.15) is 0 Å². The predicted molar refractivity (Wildman–Crippen MR) is 57.8 cm³/mol. The highest BCUT2D eigenvalue weighted by Gasteiger charge is 2.23. The van der Waals surface area contributed by atoms with E-state index in [1.165, 1.54) is 12.1 Å². The molecule has 6 nitrogen and oxygen atoms in total. The molecule has 1 atom stereocenters. The van der Waals surface area contributed by atoms with Crippen LogP contribution in [0.4, 0.5) is 0 Å². The number of rotatable bonds is 5. The summed E-state index contributed by atoms with van der Waals surface area (Å²) in [5, 5.41) is 17.7. The van der Waals surface area contributed by atoms with Gasteiger partial charge in [0.05, 0.1) is 10.9 Å². The third-order valence-electron chi connectivity index (χ3n) is 1.97. The molecule has 0 aliphatic carbocycles. The lowest BCUT2D eigenvalue weighted by Crippen LogP contribution is -2.47. The van der Waals surface area contributed by atoms with E-state index < -0.39 is 22.4 Å². The lowest BCUT2D eigenvalue weighted by molar-refractivity contribution is -0.0595. The normalized spacial score (nSPS) is 14.0. The fourth-order valence-corrected chi connectivity index (χ4v) is 2.37. The van der Waals surface area contributed by atoms with Crippen LogP contribution in [0.15, 0.2) is 35.2 Å². The largest absolute Gasteiger partial charge is 0.367 e. The second-order valence-electron chi connectivity index (χ2n) is 3.19. The predicted octanol–water partition coefficient (Wildman–Crippen LogP) is -1.40. The topological polar surface area (TPSA) is 113 Å². The second-order valence-corrected chi connectivity index (χ2v) is 4.90. The fourth-order valence-electron chi connectivity index (χ4n) is 1.10. The molecule has 5 N–H and O–H groups in total. The molecule has 0 aliphatic heterocycles. The molecule has 0 amide bonds. The van der Waals surface area contributed by atoms with Crippen LogP contribution in [0, 0.1) is 0 Å². The van der Waals surface area contributed by atoms with Crippen molar-refractivity contribution in [1.82, 2.24) is 4.72 Å². The third kappa shape index (κ3) is 3.26. The van der Waals surface area contributed by atoms with Crippen molar-refractivity contribution in [2.24, 2.45) is 5.73 Å². The zero-order chi connectivity index (χ0) is 12.2. The van der Waals surface area contributed by atoms with Gasteiger partial charge in [0.15, 0.2) is 6.29 Å². The van der Waals surface area contributed by atoms with E-state index in [0.29, 0.717) is 0 Å². The SMILES string of the molecule is NC[C@H](NS(=O)(=O)c1ccccc1)C(O)O. The lowest BCUT2D eigenvalue weighted by atomic mass is 10.3. The number of hydrogen-bond acceptors (Lipinski definition) is 5. The highest BCUT2D eigenvalue weighted by molar-refractivity contribution is 7.89. The monoisotopic (exact) mass is 246 g/mol. The van der Waals surface area contributed by atoms with Crippen molar-refractivity contribution >= 4 is 10.0 Å². The molecule has 0 spiro atoms. The van der Waals surface area contributed by atoms with Crippen LogP contribution in [0.1, 0.15) is 0 Å². The molecule has 0 saturated carbocycles. The molecule has 1 rings (SSSR count). The summed E-state index contributed by atoms with van der Waals surface area (Å²) in [5.41, 5.74) is 5.21. The molecular weight excluding hydrogens is 232 g/mol. The van der Waals surface area contributed by atoms with Gasteiger partial charge in [-0.25, -0.2) is 13.1 Å². The van der Waals surface area contributed by atoms with E-state index in [1.54, 1.807) is 18.2 Å². The van der Waals surface area contributed by atoms with E-state index in [1.807, 2.05) is 0 Å². The standard InChI is InChI=1S/C9H14N2O4S/c10-6-8(9(12)13)11-16(14,15)7-4-2-1-3-5-7/h1-5,8-9,11-13H,6,10H2/t8-/m0/s1. The summed E-state index contributed by atoms with van der Waals surface area (Å²) >= 11 is 0. The van der Waals surface area contributed by atoms with Gasteiger partial charge in [-0.1, -0.05) is 18.2 Å². The van der Waals surface area contributed by atoms with E-state index >= 15 is 0 Å². The van der Waals surface area contributed by atoms with E-state index in [4.69, 9.17) is 15.9 Å². The first kappa shape index (κ1) is 13.1. The minimum absolute atomic E-state index is 0.0501. The summed E-state index contributed by atoms with van der Waals surface area (Å²) < 4.78 is 25.5. The molecule has 90 valence electrons. The highest BCUT2D eigenvalue weighted by atomic mass is 32.2. The average molecular weight is 246 g/mol. The van der Waals surface area contributed by atoms with Crippen LogP contribution in [0.2, 0.25) is 0 Å². The average Bonchev–Trinajstić information content (AvgIpc) is 2.27. The number of nitrogens with one attached hydrogen (secondary N) is 1. The van der Waals surface area contributed by atoms with Crippen LogP contribution < -0.4 is 10.5 Å². The number of sulfonamides is 1. The Labute approximate surface area is 93.8 Å². The Bertz CT molecular complexity index is 418. The van der Waals surface area contributed by atoms with Gasteiger partial charge in [-0.05, 0) is 12.1 Å². The molecular formula is C9H14N2O4S. The van der Waals surface area contributed by atoms with Crippen molar-refractivity contribution < 1.29 is 18.6 Å². The van der Waals surface area contributed by atoms with E-state index in [-0.39, 0.29) is 11.4 Å². The molecule has 16 heavy (non-hydrogen) atoms. The van der Waals surface area contributed by atoms with Gasteiger partial charge in [0.1, 0.15) is 0 Å². The zero-order valence-corrected chi connectivity index (χ0v) is 9.26. The number of nitrogens with two attached hydrogens (primary N) is 1. The van der Waals surface area contributed by atoms with E-state index in [0.717, 1.165) is 0 Å². The summed E-state index contributed by atoms with van der Waals surface area (Å²) in [7, 11) is -3.77. The van der Waals surface area contributed by atoms with Gasteiger partial charge in [0.2, 0.25) is 10.0 Å². The summed E-state index contributed by atoms with van der Waals surface area (Å²) in [4.78, 5) is 0.0501. The van der Waals surface area contributed by atoms with Gasteiger partial charge < -0.3 is 15.9 Å². The van der Waals surface area contributed by atoms with Crippen LogP contribution in [-0.2, 0) is 10.0 Å². The van der Waals surface area contributed by atoms with Crippen LogP contribution >= 0.6 is 0 Å². The Morgan fingerprint density at radius 2 is 1.81 bits per heavy atom. The molecule has 1 aromatic rings. The Morgan fingerprint density at radius 1 is 1.25 bits per heavy atom. The minimum Gasteiger partial charge on any atom is -0.367 e. The number of aliphatic hydroxyl groups is 2. The molecule has 0 heterocycles. The summed E-state index contributed by atoms with van der Waals surface area (Å²) in [6.07, 6.45) is -1.83. The molecule has 0 radical (unpaired) electrons. The maximum Gasteiger partial charge on any atom is 0.241 e. The Balaban J connectivity index is 2.88. The molecule has 7 heteroatoms.